The first-order chi connectivity index (χ1) is 11.0. The Morgan fingerprint density at radius 3 is 2.61 bits per heavy atom. The van der Waals surface area contributed by atoms with Crippen LogP contribution in [0.25, 0.3) is 0 Å². The standard InChI is InChI=1S/C19H23NO3/c1-4-20(17-10(2)6-5-7-11(17)3)18(21)15-12-8-13-14(9-12)23-19(22)16(13)15/h5-7,12-16H,4,8-9H2,1-3H3. The van der Waals surface area contributed by atoms with Crippen molar-refractivity contribution in [3.8, 4) is 0 Å². The van der Waals surface area contributed by atoms with Gasteiger partial charge in [-0.2, -0.15) is 0 Å². The van der Waals surface area contributed by atoms with Crippen molar-refractivity contribution in [1.82, 2.24) is 0 Å². The first-order valence-corrected chi connectivity index (χ1v) is 8.61. The molecule has 1 aliphatic heterocycles. The number of amides is 1. The predicted octanol–water partition coefficient (Wildman–Crippen LogP) is 2.85. The van der Waals surface area contributed by atoms with E-state index >= 15 is 0 Å². The minimum Gasteiger partial charge on any atom is -0.462 e. The molecule has 0 radical (unpaired) electrons. The molecule has 122 valence electrons. The van der Waals surface area contributed by atoms with Crippen LogP contribution in [0.3, 0.4) is 0 Å². The number of hydrogen-bond acceptors (Lipinski definition) is 3. The lowest BCUT2D eigenvalue weighted by Gasteiger charge is -2.32. The summed E-state index contributed by atoms with van der Waals surface area (Å²) in [5.74, 6) is 0.163. The molecule has 5 atom stereocenters. The van der Waals surface area contributed by atoms with Crippen molar-refractivity contribution in [2.24, 2.45) is 23.7 Å². The van der Waals surface area contributed by atoms with Crippen molar-refractivity contribution in [2.45, 2.75) is 39.7 Å². The zero-order valence-corrected chi connectivity index (χ0v) is 13.9. The molecule has 5 unspecified atom stereocenters. The molecule has 1 heterocycles. The maximum Gasteiger partial charge on any atom is 0.310 e. The topological polar surface area (TPSA) is 46.6 Å². The Morgan fingerprint density at radius 2 is 1.96 bits per heavy atom. The molecule has 1 saturated heterocycles. The molecular weight excluding hydrogens is 290 g/mol. The number of hydrogen-bond donors (Lipinski definition) is 0. The van der Waals surface area contributed by atoms with Gasteiger partial charge in [-0.15, -0.1) is 0 Å². The van der Waals surface area contributed by atoms with Crippen molar-refractivity contribution < 1.29 is 14.3 Å². The molecule has 2 saturated carbocycles. The van der Waals surface area contributed by atoms with E-state index in [2.05, 4.69) is 0 Å². The highest BCUT2D eigenvalue weighted by Crippen LogP contribution is 2.58. The maximum atomic E-state index is 13.3. The van der Waals surface area contributed by atoms with Gasteiger partial charge in [-0.25, -0.2) is 0 Å². The molecule has 0 aromatic heterocycles. The van der Waals surface area contributed by atoms with Crippen LogP contribution in [0.1, 0.15) is 30.9 Å². The molecule has 3 fully saturated rings. The summed E-state index contributed by atoms with van der Waals surface area (Å²) in [6, 6.07) is 6.10. The third-order valence-corrected chi connectivity index (χ3v) is 6.06. The smallest absolute Gasteiger partial charge is 0.310 e. The number of nitrogens with zero attached hydrogens (tertiary/aromatic N) is 1. The molecule has 1 aromatic rings. The third-order valence-electron chi connectivity index (χ3n) is 6.06. The quantitative estimate of drug-likeness (QED) is 0.806. The molecule has 23 heavy (non-hydrogen) atoms. The minimum atomic E-state index is -0.204. The number of anilines is 1. The number of para-hydroxylation sites is 1. The zero-order valence-electron chi connectivity index (χ0n) is 13.9. The van der Waals surface area contributed by atoms with E-state index < -0.39 is 0 Å². The molecule has 2 aliphatic carbocycles. The number of fused-ring (bicyclic) bond motifs is 1. The van der Waals surface area contributed by atoms with E-state index in [1.165, 1.54) is 0 Å². The lowest BCUT2D eigenvalue weighted by molar-refractivity contribution is -0.145. The minimum absolute atomic E-state index is 0.0804. The SMILES string of the molecule is CCN(C(=O)C1C2CC3OC(=O)C1C3C2)c1c(C)cccc1C. The number of rotatable bonds is 3. The predicted molar refractivity (Wildman–Crippen MR) is 87.0 cm³/mol. The second-order valence-electron chi connectivity index (χ2n) is 7.25. The summed E-state index contributed by atoms with van der Waals surface area (Å²) in [5, 5.41) is 0. The van der Waals surface area contributed by atoms with Gasteiger partial charge in [-0.1, -0.05) is 18.2 Å². The van der Waals surface area contributed by atoms with E-state index in [4.69, 9.17) is 4.74 Å². The highest BCUT2D eigenvalue weighted by Gasteiger charge is 2.64. The van der Waals surface area contributed by atoms with Crippen LogP contribution in [0.2, 0.25) is 0 Å². The van der Waals surface area contributed by atoms with Crippen molar-refractivity contribution in [1.29, 1.82) is 0 Å². The molecule has 0 spiro atoms. The Labute approximate surface area is 136 Å². The van der Waals surface area contributed by atoms with Crippen LogP contribution in [-0.2, 0) is 14.3 Å². The molecule has 4 heteroatoms. The van der Waals surface area contributed by atoms with Gasteiger partial charge >= 0.3 is 5.97 Å². The number of carbonyl (C=O) groups excluding carboxylic acids is 2. The van der Waals surface area contributed by atoms with E-state index in [9.17, 15) is 9.59 Å². The monoisotopic (exact) mass is 313 g/mol. The summed E-state index contributed by atoms with van der Waals surface area (Å²) >= 11 is 0. The fraction of sp³-hybridized carbons (Fsp3) is 0.579. The Bertz CT molecular complexity index is 661. The number of esters is 1. The van der Waals surface area contributed by atoms with Gasteiger partial charge in [0, 0.05) is 18.2 Å². The van der Waals surface area contributed by atoms with Crippen LogP contribution in [0, 0.1) is 37.5 Å². The van der Waals surface area contributed by atoms with Crippen molar-refractivity contribution in [3.05, 3.63) is 29.3 Å². The van der Waals surface area contributed by atoms with Gasteiger partial charge in [0.05, 0.1) is 11.8 Å². The molecule has 4 nitrogen and oxygen atoms in total. The fourth-order valence-corrected chi connectivity index (χ4v) is 5.18. The first kappa shape index (κ1) is 14.7. The summed E-state index contributed by atoms with van der Waals surface area (Å²) in [4.78, 5) is 27.4. The summed E-state index contributed by atoms with van der Waals surface area (Å²) in [5.41, 5.74) is 3.22. The van der Waals surface area contributed by atoms with Crippen LogP contribution >= 0.6 is 0 Å². The van der Waals surface area contributed by atoms with Crippen molar-refractivity contribution in [2.75, 3.05) is 11.4 Å². The molecular formula is C19H23NO3. The van der Waals surface area contributed by atoms with Gasteiger partial charge in [0.1, 0.15) is 6.10 Å². The number of benzene rings is 1. The molecule has 4 rings (SSSR count). The van der Waals surface area contributed by atoms with Gasteiger partial charge in [-0.3, -0.25) is 9.59 Å². The highest BCUT2D eigenvalue weighted by molar-refractivity contribution is 5.99. The fourth-order valence-electron chi connectivity index (χ4n) is 5.18. The van der Waals surface area contributed by atoms with Gasteiger partial charge in [0.2, 0.25) is 5.91 Å². The number of carbonyl (C=O) groups is 2. The normalized spacial score (nSPS) is 33.9. The van der Waals surface area contributed by atoms with E-state index in [-0.39, 0.29) is 35.7 Å². The number of ether oxygens (including phenoxy) is 1. The lowest BCUT2D eigenvalue weighted by atomic mass is 9.79. The largest absolute Gasteiger partial charge is 0.462 e. The van der Waals surface area contributed by atoms with E-state index in [1.807, 2.05) is 43.9 Å². The van der Waals surface area contributed by atoms with Crippen molar-refractivity contribution >= 4 is 17.6 Å². The second kappa shape index (κ2) is 5.08. The van der Waals surface area contributed by atoms with E-state index in [0.717, 1.165) is 29.7 Å². The van der Waals surface area contributed by atoms with Crippen molar-refractivity contribution in [3.63, 3.8) is 0 Å². The van der Waals surface area contributed by atoms with E-state index in [0.29, 0.717) is 12.5 Å². The third kappa shape index (κ3) is 1.97. The molecule has 3 aliphatic rings. The van der Waals surface area contributed by atoms with Crippen LogP contribution in [0.15, 0.2) is 18.2 Å². The second-order valence-corrected chi connectivity index (χ2v) is 7.25. The Kier molecular flexibility index (Phi) is 3.26. The van der Waals surface area contributed by atoms with Crippen LogP contribution in [-0.4, -0.2) is 24.5 Å². The summed E-state index contributed by atoms with van der Waals surface area (Å²) in [6.45, 7) is 6.72. The zero-order chi connectivity index (χ0) is 16.3. The molecule has 2 bridgehead atoms. The van der Waals surface area contributed by atoms with Gasteiger partial charge in [0.15, 0.2) is 0 Å². The van der Waals surface area contributed by atoms with Gasteiger partial charge in [-0.05, 0) is 50.7 Å². The van der Waals surface area contributed by atoms with Crippen LogP contribution in [0.5, 0.6) is 0 Å². The maximum absolute atomic E-state index is 13.3. The lowest BCUT2D eigenvalue weighted by Crippen LogP contribution is -2.43. The Morgan fingerprint density at radius 1 is 1.26 bits per heavy atom. The van der Waals surface area contributed by atoms with Gasteiger partial charge < -0.3 is 9.64 Å². The first-order valence-electron chi connectivity index (χ1n) is 8.61. The summed E-state index contributed by atoms with van der Waals surface area (Å²) < 4.78 is 5.48. The van der Waals surface area contributed by atoms with Gasteiger partial charge in [0.25, 0.3) is 0 Å². The average Bonchev–Trinajstić information content (AvgIpc) is 3.12. The number of aryl methyl sites for hydroxylation is 2. The average molecular weight is 313 g/mol. The van der Waals surface area contributed by atoms with Crippen LogP contribution < -0.4 is 4.90 Å². The van der Waals surface area contributed by atoms with Crippen LogP contribution in [0.4, 0.5) is 5.69 Å². The highest BCUT2D eigenvalue weighted by atomic mass is 16.6. The summed E-state index contributed by atoms with van der Waals surface area (Å²) in [7, 11) is 0. The Hall–Kier alpha value is -1.84. The van der Waals surface area contributed by atoms with E-state index in [1.54, 1.807) is 0 Å². The Balaban J connectivity index is 1.69. The molecule has 1 aromatic carbocycles. The summed E-state index contributed by atoms with van der Waals surface area (Å²) in [6.07, 6.45) is 1.92. The molecule has 0 N–H and O–H groups in total. The molecule has 1 amide bonds.